The number of aromatic hydroxyl groups is 1. The summed E-state index contributed by atoms with van der Waals surface area (Å²) in [5.74, 6) is 1.18. The van der Waals surface area contributed by atoms with Crippen LogP contribution in [0.25, 0.3) is 0 Å². The van der Waals surface area contributed by atoms with Crippen LogP contribution in [0, 0.1) is 13.8 Å². The van der Waals surface area contributed by atoms with Gasteiger partial charge in [0.15, 0.2) is 5.75 Å². The number of likely N-dealkylation sites (N-methyl/N-ethyl adjacent to an activating group) is 1. The monoisotopic (exact) mass is 646 g/mol. The summed E-state index contributed by atoms with van der Waals surface area (Å²) in [6.07, 6.45) is 0. The molecule has 0 fully saturated rings. The third-order valence-electron chi connectivity index (χ3n) is 8.88. The average molecular weight is 647 g/mol. The van der Waals surface area contributed by atoms with E-state index < -0.39 is 0 Å². The van der Waals surface area contributed by atoms with E-state index in [9.17, 15) is 5.11 Å². The Morgan fingerprint density at radius 1 is 0.612 bits per heavy atom. The number of benzene rings is 6. The van der Waals surface area contributed by atoms with Gasteiger partial charge >= 0.3 is 0 Å². The maximum atomic E-state index is 11.7. The summed E-state index contributed by atoms with van der Waals surface area (Å²) in [6, 6.07) is 49.9. The number of phenolic OH excluding ortho intramolecular Hbond substituents is 1. The van der Waals surface area contributed by atoms with Crippen molar-refractivity contribution < 1.29 is 9.94 Å². The molecule has 0 bridgehead atoms. The maximum absolute atomic E-state index is 11.7. The third-order valence-corrected chi connectivity index (χ3v) is 8.88. The molecule has 6 aromatic rings. The van der Waals surface area contributed by atoms with Gasteiger partial charge < -0.3 is 24.6 Å². The molecule has 0 spiro atoms. The molecule has 1 N–H and O–H groups in total. The molecule has 0 saturated carbocycles. The Kier molecular flexibility index (Phi) is 9.33. The summed E-state index contributed by atoms with van der Waals surface area (Å²) in [5, 5.41) is 13.8. The first-order chi connectivity index (χ1) is 23.9. The molecule has 1 heterocycles. The fraction of sp³-hybridized carbons (Fsp3) is 0.163. The first kappa shape index (κ1) is 32.0. The van der Waals surface area contributed by atoms with Crippen LogP contribution in [0.5, 0.6) is 11.5 Å². The van der Waals surface area contributed by atoms with Crippen molar-refractivity contribution in [3.05, 3.63) is 168 Å². The van der Waals surface area contributed by atoms with Gasteiger partial charge in [-0.15, -0.1) is 5.06 Å². The molecule has 0 amide bonds. The second kappa shape index (κ2) is 14.3. The molecule has 246 valence electrons. The van der Waals surface area contributed by atoms with Crippen molar-refractivity contribution >= 4 is 34.1 Å². The highest BCUT2D eigenvalue weighted by atomic mass is 16.7. The Morgan fingerprint density at radius 2 is 1.06 bits per heavy atom. The third kappa shape index (κ3) is 7.02. The summed E-state index contributed by atoms with van der Waals surface area (Å²) in [7, 11) is 2.10. The van der Waals surface area contributed by atoms with Crippen molar-refractivity contribution in [3.8, 4) is 11.5 Å². The van der Waals surface area contributed by atoms with Crippen molar-refractivity contribution in [2.75, 3.05) is 29.9 Å². The standard InChI is InChI=1S/C43H42N4O2/c1-32-26-34(42(48)40(28-32)46(36-16-8-4-9-17-36)37-18-10-5-11-19-37)30-44(3)24-25-45-31-35-27-33(2)29-41(43(35)49-45)47(38-20-12-6-13-21-38)39-22-14-7-15-23-39/h4-23,26-29,48H,24-25,30-31H2,1-3H3. The Labute approximate surface area is 289 Å². The zero-order valence-corrected chi connectivity index (χ0v) is 28.3. The van der Waals surface area contributed by atoms with Gasteiger partial charge in [0.25, 0.3) is 0 Å². The van der Waals surface area contributed by atoms with Crippen molar-refractivity contribution in [2.45, 2.75) is 26.9 Å². The van der Waals surface area contributed by atoms with Gasteiger partial charge in [-0.3, -0.25) is 0 Å². The summed E-state index contributed by atoms with van der Waals surface area (Å²) < 4.78 is 0. The Morgan fingerprint density at radius 3 is 1.57 bits per heavy atom. The Balaban J connectivity index is 1.09. The van der Waals surface area contributed by atoms with Gasteiger partial charge in [-0.2, -0.15) is 0 Å². The number of phenols is 1. The molecule has 0 aromatic heterocycles. The molecule has 6 heteroatoms. The van der Waals surface area contributed by atoms with Crippen molar-refractivity contribution in [3.63, 3.8) is 0 Å². The molecule has 0 radical (unpaired) electrons. The fourth-order valence-corrected chi connectivity index (χ4v) is 6.63. The number of aryl methyl sites for hydroxylation is 2. The second-order valence-electron chi connectivity index (χ2n) is 12.8. The smallest absolute Gasteiger partial charge is 0.176 e. The molecule has 0 saturated heterocycles. The van der Waals surface area contributed by atoms with E-state index in [1.54, 1.807) is 0 Å². The van der Waals surface area contributed by atoms with E-state index in [0.29, 0.717) is 19.6 Å². The number of anilines is 6. The van der Waals surface area contributed by atoms with Gasteiger partial charge in [-0.1, -0.05) is 84.9 Å². The molecule has 1 aliphatic rings. The number of hydrogen-bond donors (Lipinski definition) is 1. The summed E-state index contributed by atoms with van der Waals surface area (Å²) in [4.78, 5) is 13.3. The van der Waals surface area contributed by atoms with E-state index in [0.717, 1.165) is 57.5 Å². The first-order valence-electron chi connectivity index (χ1n) is 16.8. The van der Waals surface area contributed by atoms with Gasteiger partial charge in [-0.05, 0) is 92.7 Å². The predicted molar refractivity (Wildman–Crippen MR) is 201 cm³/mol. The number of rotatable bonds is 11. The van der Waals surface area contributed by atoms with E-state index in [2.05, 4.69) is 133 Å². The van der Waals surface area contributed by atoms with Crippen molar-refractivity contribution in [1.82, 2.24) is 9.96 Å². The van der Waals surface area contributed by atoms with Crippen LogP contribution in [0.15, 0.2) is 146 Å². The molecule has 49 heavy (non-hydrogen) atoms. The lowest BCUT2D eigenvalue weighted by molar-refractivity contribution is -0.0469. The molecule has 0 atom stereocenters. The highest BCUT2D eigenvalue weighted by molar-refractivity contribution is 5.82. The zero-order valence-electron chi connectivity index (χ0n) is 28.3. The average Bonchev–Trinajstić information content (AvgIpc) is 3.54. The van der Waals surface area contributed by atoms with Crippen molar-refractivity contribution in [2.24, 2.45) is 0 Å². The fourth-order valence-electron chi connectivity index (χ4n) is 6.63. The van der Waals surface area contributed by atoms with Crippen LogP contribution in [0.3, 0.4) is 0 Å². The molecule has 6 aromatic carbocycles. The Hall–Kier alpha value is -5.56. The van der Waals surface area contributed by atoms with E-state index >= 15 is 0 Å². The zero-order chi connectivity index (χ0) is 33.7. The lowest BCUT2D eigenvalue weighted by atomic mass is 10.1. The molecule has 7 rings (SSSR count). The minimum atomic E-state index is 0.289. The minimum absolute atomic E-state index is 0.289. The van der Waals surface area contributed by atoms with Crippen LogP contribution in [0.2, 0.25) is 0 Å². The lowest BCUT2D eigenvalue weighted by Crippen LogP contribution is -2.32. The minimum Gasteiger partial charge on any atom is -0.505 e. The molecular weight excluding hydrogens is 604 g/mol. The second-order valence-corrected chi connectivity index (χ2v) is 12.8. The highest BCUT2D eigenvalue weighted by Crippen LogP contribution is 2.46. The van der Waals surface area contributed by atoms with Crippen LogP contribution < -0.4 is 14.6 Å². The maximum Gasteiger partial charge on any atom is 0.176 e. The lowest BCUT2D eigenvalue weighted by Gasteiger charge is -2.28. The van der Waals surface area contributed by atoms with Gasteiger partial charge in [-0.25, -0.2) is 0 Å². The van der Waals surface area contributed by atoms with Crippen LogP contribution in [-0.2, 0) is 13.1 Å². The topological polar surface area (TPSA) is 42.4 Å². The van der Waals surface area contributed by atoms with E-state index in [1.165, 1.54) is 11.1 Å². The molecule has 0 aliphatic carbocycles. The first-order valence-corrected chi connectivity index (χ1v) is 16.8. The van der Waals surface area contributed by atoms with Gasteiger partial charge in [0.05, 0.1) is 17.9 Å². The van der Waals surface area contributed by atoms with E-state index in [1.807, 2.05) is 53.6 Å². The Bertz CT molecular complexity index is 1920. The highest BCUT2D eigenvalue weighted by Gasteiger charge is 2.28. The molecule has 6 nitrogen and oxygen atoms in total. The number of hydroxylamine groups is 2. The number of hydrogen-bond acceptors (Lipinski definition) is 6. The summed E-state index contributed by atoms with van der Waals surface area (Å²) >= 11 is 0. The largest absolute Gasteiger partial charge is 0.505 e. The molecule has 0 unspecified atom stereocenters. The van der Waals surface area contributed by atoms with Crippen LogP contribution in [-0.4, -0.2) is 35.2 Å². The van der Waals surface area contributed by atoms with Gasteiger partial charge in [0.2, 0.25) is 0 Å². The number of para-hydroxylation sites is 4. The quantitative estimate of drug-likeness (QED) is 0.151. The van der Waals surface area contributed by atoms with Crippen LogP contribution >= 0.6 is 0 Å². The van der Waals surface area contributed by atoms with Crippen molar-refractivity contribution in [1.29, 1.82) is 0 Å². The molecular formula is C43H42N4O2. The van der Waals surface area contributed by atoms with Gasteiger partial charge in [0, 0.05) is 53.5 Å². The SMILES string of the molecule is Cc1cc(CN(C)CCN2Cc3cc(C)cc(N(c4ccccc4)c4ccccc4)c3O2)c(O)c(N(c2ccccc2)c2ccccc2)c1. The predicted octanol–water partition coefficient (Wildman–Crippen LogP) is 10.2. The van der Waals surface area contributed by atoms with Crippen LogP contribution in [0.1, 0.15) is 22.3 Å². The normalized spacial score (nSPS) is 12.5. The van der Waals surface area contributed by atoms with Gasteiger partial charge in [0.1, 0.15) is 5.75 Å². The number of fused-ring (bicyclic) bond motifs is 1. The van der Waals surface area contributed by atoms with Crippen LogP contribution in [0.4, 0.5) is 34.1 Å². The van der Waals surface area contributed by atoms with E-state index in [4.69, 9.17) is 4.84 Å². The number of nitrogens with zero attached hydrogens (tertiary/aromatic N) is 4. The summed E-state index contributed by atoms with van der Waals surface area (Å²) in [5.41, 5.74) is 10.3. The summed E-state index contributed by atoms with van der Waals surface area (Å²) in [6.45, 7) is 7.00. The van der Waals surface area contributed by atoms with E-state index in [-0.39, 0.29) is 5.75 Å². The molecule has 1 aliphatic heterocycles.